The molecule has 0 aliphatic heterocycles. The number of hydrogen-bond acceptors (Lipinski definition) is 5. The smallest absolute Gasteiger partial charge is 0.313 e. The first kappa shape index (κ1) is 27.8. The molecule has 0 aromatic carbocycles. The molecule has 1 aliphatic rings. The van der Waals surface area contributed by atoms with Crippen molar-refractivity contribution in [2.45, 2.75) is 98.3 Å². The fourth-order valence-corrected chi connectivity index (χ4v) is 4.91. The van der Waals surface area contributed by atoms with Crippen molar-refractivity contribution in [2.75, 3.05) is 12.9 Å². The Kier molecular flexibility index (Phi) is 14.7. The van der Waals surface area contributed by atoms with Crippen molar-refractivity contribution in [3.05, 3.63) is 22.8 Å². The van der Waals surface area contributed by atoms with Gasteiger partial charge in [-0.1, -0.05) is 65.5 Å². The molecule has 2 unspecified atom stereocenters. The zero-order chi connectivity index (χ0) is 23.1. The summed E-state index contributed by atoms with van der Waals surface area (Å²) < 4.78 is 10.4. The van der Waals surface area contributed by atoms with E-state index >= 15 is 0 Å². The van der Waals surface area contributed by atoms with Gasteiger partial charge in [-0.3, -0.25) is 9.59 Å². The number of carbonyl (C=O) groups excluding carboxylic acids is 2. The minimum absolute atomic E-state index is 0.115. The maximum absolute atomic E-state index is 12.2. The summed E-state index contributed by atoms with van der Waals surface area (Å²) >= 11 is 1.83. The summed E-state index contributed by atoms with van der Waals surface area (Å²) in [6, 6.07) is 0. The Morgan fingerprint density at radius 2 is 1.90 bits per heavy atom. The van der Waals surface area contributed by atoms with Crippen LogP contribution in [-0.4, -0.2) is 24.8 Å². The van der Waals surface area contributed by atoms with Crippen LogP contribution in [0.15, 0.2) is 22.8 Å². The third-order valence-electron chi connectivity index (χ3n) is 5.74. The standard InChI is InChI=1S/C26H44O4S/c1-6-7-13-21(4)14-10-11-15-22-17-18-23(30-26(28)20(2)3)25(22)31-19-12-8-9-16-24(27)29-5/h11,15,20-22H,6-10,12-14,16-19H2,1-5H3/b15-11+. The van der Waals surface area contributed by atoms with Crippen molar-refractivity contribution >= 4 is 23.7 Å². The van der Waals surface area contributed by atoms with Crippen LogP contribution in [0.5, 0.6) is 0 Å². The van der Waals surface area contributed by atoms with Gasteiger partial charge in [0.2, 0.25) is 0 Å². The van der Waals surface area contributed by atoms with Gasteiger partial charge in [-0.05, 0) is 43.8 Å². The second-order valence-electron chi connectivity index (χ2n) is 9.00. The maximum Gasteiger partial charge on any atom is 0.313 e. The Balaban J connectivity index is 2.58. The molecule has 0 fully saturated rings. The van der Waals surface area contributed by atoms with Gasteiger partial charge in [0.25, 0.3) is 0 Å². The van der Waals surface area contributed by atoms with Gasteiger partial charge in [0, 0.05) is 23.7 Å². The predicted molar refractivity (Wildman–Crippen MR) is 131 cm³/mol. The van der Waals surface area contributed by atoms with Crippen LogP contribution in [0, 0.1) is 17.8 Å². The number of esters is 2. The van der Waals surface area contributed by atoms with Crippen molar-refractivity contribution in [2.24, 2.45) is 17.8 Å². The Hall–Kier alpha value is -1.23. The molecule has 4 nitrogen and oxygen atoms in total. The lowest BCUT2D eigenvalue weighted by Gasteiger charge is -2.13. The first-order chi connectivity index (χ1) is 14.9. The van der Waals surface area contributed by atoms with E-state index in [0.29, 0.717) is 12.3 Å². The van der Waals surface area contributed by atoms with E-state index in [1.165, 1.54) is 37.7 Å². The Labute approximate surface area is 194 Å². The molecule has 178 valence electrons. The van der Waals surface area contributed by atoms with Crippen LogP contribution in [0.25, 0.3) is 0 Å². The number of unbranched alkanes of at least 4 members (excludes halogenated alkanes) is 3. The highest BCUT2D eigenvalue weighted by atomic mass is 32.2. The number of ether oxygens (including phenoxy) is 2. The number of hydrogen-bond donors (Lipinski definition) is 0. The molecule has 0 aromatic heterocycles. The van der Waals surface area contributed by atoms with E-state index in [4.69, 9.17) is 9.47 Å². The van der Waals surface area contributed by atoms with Crippen molar-refractivity contribution in [1.82, 2.24) is 0 Å². The number of rotatable bonds is 16. The Morgan fingerprint density at radius 1 is 1.13 bits per heavy atom. The quantitative estimate of drug-likeness (QED) is 0.138. The molecule has 0 bridgehead atoms. The summed E-state index contributed by atoms with van der Waals surface area (Å²) in [6.45, 7) is 8.36. The average molecular weight is 453 g/mol. The highest BCUT2D eigenvalue weighted by Crippen LogP contribution is 2.41. The molecule has 0 N–H and O–H groups in total. The second kappa shape index (κ2) is 16.4. The topological polar surface area (TPSA) is 52.6 Å². The number of carbonyl (C=O) groups is 2. The van der Waals surface area contributed by atoms with E-state index in [1.807, 2.05) is 25.6 Å². The predicted octanol–water partition coefficient (Wildman–Crippen LogP) is 7.44. The molecule has 31 heavy (non-hydrogen) atoms. The minimum Gasteiger partial charge on any atom is -0.469 e. The van der Waals surface area contributed by atoms with E-state index in [-0.39, 0.29) is 17.9 Å². The summed E-state index contributed by atoms with van der Waals surface area (Å²) in [5, 5.41) is 0. The van der Waals surface area contributed by atoms with Crippen LogP contribution in [0.2, 0.25) is 0 Å². The molecule has 1 rings (SSSR count). The summed E-state index contributed by atoms with van der Waals surface area (Å²) in [5.74, 6) is 2.62. The van der Waals surface area contributed by atoms with E-state index in [9.17, 15) is 9.59 Å². The molecule has 0 heterocycles. The van der Waals surface area contributed by atoms with Gasteiger partial charge in [-0.2, -0.15) is 0 Å². The van der Waals surface area contributed by atoms with Crippen molar-refractivity contribution < 1.29 is 19.1 Å². The minimum atomic E-state index is -0.138. The summed E-state index contributed by atoms with van der Waals surface area (Å²) in [5.41, 5.74) is 0. The normalized spacial score (nSPS) is 17.5. The van der Waals surface area contributed by atoms with E-state index in [2.05, 4.69) is 26.0 Å². The van der Waals surface area contributed by atoms with Crippen LogP contribution in [0.4, 0.5) is 0 Å². The lowest BCUT2D eigenvalue weighted by atomic mass is 9.98. The number of allylic oxidation sites excluding steroid dienone is 4. The van der Waals surface area contributed by atoms with Crippen molar-refractivity contribution in [3.8, 4) is 0 Å². The SMILES string of the molecule is CCCCC(C)CC/C=C/C1CCC(OC(=O)C(C)C)=C1SCCCCCC(=O)OC. The van der Waals surface area contributed by atoms with Gasteiger partial charge < -0.3 is 9.47 Å². The third-order valence-corrected chi connectivity index (χ3v) is 7.08. The van der Waals surface area contributed by atoms with Gasteiger partial charge in [-0.25, -0.2) is 0 Å². The molecule has 0 spiro atoms. The van der Waals surface area contributed by atoms with Gasteiger partial charge in [0.05, 0.1) is 13.0 Å². The maximum atomic E-state index is 12.2. The van der Waals surface area contributed by atoms with Crippen LogP contribution >= 0.6 is 11.8 Å². The molecule has 5 heteroatoms. The van der Waals surface area contributed by atoms with Gasteiger partial charge >= 0.3 is 11.9 Å². The van der Waals surface area contributed by atoms with Crippen LogP contribution in [-0.2, 0) is 19.1 Å². The van der Waals surface area contributed by atoms with Crippen molar-refractivity contribution in [3.63, 3.8) is 0 Å². The first-order valence-corrected chi connectivity index (χ1v) is 13.2. The second-order valence-corrected chi connectivity index (χ2v) is 10.1. The molecule has 2 atom stereocenters. The van der Waals surface area contributed by atoms with Crippen LogP contribution < -0.4 is 0 Å². The van der Waals surface area contributed by atoms with E-state index < -0.39 is 0 Å². The molecule has 0 amide bonds. The monoisotopic (exact) mass is 452 g/mol. The zero-order valence-electron chi connectivity index (χ0n) is 20.4. The van der Waals surface area contributed by atoms with E-state index in [1.54, 1.807) is 0 Å². The molecule has 0 saturated carbocycles. The Morgan fingerprint density at radius 3 is 2.58 bits per heavy atom. The van der Waals surface area contributed by atoms with Crippen molar-refractivity contribution in [1.29, 1.82) is 0 Å². The van der Waals surface area contributed by atoms with Gasteiger partial charge in [0.1, 0.15) is 5.76 Å². The molecular formula is C26H44O4S. The Bertz CT molecular complexity index is 594. The van der Waals surface area contributed by atoms with Crippen LogP contribution in [0.1, 0.15) is 98.3 Å². The fourth-order valence-electron chi connectivity index (χ4n) is 3.63. The molecular weight excluding hydrogens is 408 g/mol. The third kappa shape index (κ3) is 11.8. The zero-order valence-corrected chi connectivity index (χ0v) is 21.2. The van der Waals surface area contributed by atoms with Gasteiger partial charge in [-0.15, -0.1) is 11.8 Å². The molecule has 1 aliphatic carbocycles. The highest BCUT2D eigenvalue weighted by molar-refractivity contribution is 8.03. The summed E-state index contributed by atoms with van der Waals surface area (Å²) in [6.07, 6.45) is 16.2. The highest BCUT2D eigenvalue weighted by Gasteiger charge is 2.27. The lowest BCUT2D eigenvalue weighted by Crippen LogP contribution is -2.11. The summed E-state index contributed by atoms with van der Waals surface area (Å²) in [7, 11) is 1.43. The lowest BCUT2D eigenvalue weighted by molar-refractivity contribution is -0.143. The molecule has 0 aromatic rings. The number of thioether (sulfide) groups is 1. The largest absolute Gasteiger partial charge is 0.469 e. The summed E-state index contributed by atoms with van der Waals surface area (Å²) in [4.78, 5) is 24.6. The van der Waals surface area contributed by atoms with E-state index in [0.717, 1.165) is 56.0 Å². The fraction of sp³-hybridized carbons (Fsp3) is 0.769. The van der Waals surface area contributed by atoms with Gasteiger partial charge in [0.15, 0.2) is 0 Å². The molecule has 0 radical (unpaired) electrons. The number of methoxy groups -OCH3 is 1. The van der Waals surface area contributed by atoms with Crippen LogP contribution in [0.3, 0.4) is 0 Å². The average Bonchev–Trinajstić information content (AvgIpc) is 3.12. The first-order valence-electron chi connectivity index (χ1n) is 12.2. The molecule has 0 saturated heterocycles.